The van der Waals surface area contributed by atoms with E-state index in [1.807, 2.05) is 0 Å². The molecule has 0 bridgehead atoms. The van der Waals surface area contributed by atoms with E-state index < -0.39 is 40.8 Å². The van der Waals surface area contributed by atoms with E-state index in [0.29, 0.717) is 6.07 Å². The molecule has 0 spiro atoms. The summed E-state index contributed by atoms with van der Waals surface area (Å²) in [5, 5.41) is 3.69. The highest BCUT2D eigenvalue weighted by molar-refractivity contribution is 6.37. The molecule has 0 heterocycles. The third-order valence-electron chi connectivity index (χ3n) is 3.73. The fourth-order valence-corrected chi connectivity index (χ4v) is 3.04. The molecule has 5 nitrogen and oxygen atoms in total. The van der Waals surface area contributed by atoms with Gasteiger partial charge in [-0.05, 0) is 24.3 Å². The van der Waals surface area contributed by atoms with Gasteiger partial charge in [-0.15, -0.1) is 0 Å². The largest absolute Gasteiger partial charge is 0.454 e. The first-order valence-electron chi connectivity index (χ1n) is 8.33. The van der Waals surface area contributed by atoms with Gasteiger partial charge in [0, 0.05) is 23.9 Å². The minimum absolute atomic E-state index is 0.00733. The Morgan fingerprint density at radius 2 is 1.39 bits per heavy atom. The van der Waals surface area contributed by atoms with Gasteiger partial charge in [0.2, 0.25) is 0 Å². The van der Waals surface area contributed by atoms with Crippen LogP contribution in [0.2, 0.25) is 10.0 Å². The molecule has 0 saturated heterocycles. The summed E-state index contributed by atoms with van der Waals surface area (Å²) < 4.78 is 59.2. The molecule has 0 saturated carbocycles. The maximum Gasteiger partial charge on any atom is 0.326 e. The average Bonchev–Trinajstić information content (AvgIpc) is 2.63. The molecule has 0 aliphatic heterocycles. The second-order valence-electron chi connectivity index (χ2n) is 5.98. The lowest BCUT2D eigenvalue weighted by Gasteiger charge is -2.13. The number of imide groups is 1. The predicted molar refractivity (Wildman–Crippen MR) is 106 cm³/mol. The number of ether oxygens (including phenoxy) is 1. The molecule has 0 aliphatic carbocycles. The van der Waals surface area contributed by atoms with E-state index in [9.17, 15) is 27.2 Å². The van der Waals surface area contributed by atoms with Gasteiger partial charge in [0.15, 0.2) is 5.75 Å². The molecule has 160 valence electrons. The topological polar surface area (TPSA) is 67.4 Å². The molecule has 3 amide bonds. The van der Waals surface area contributed by atoms with Gasteiger partial charge in [0.25, 0.3) is 5.91 Å². The van der Waals surface area contributed by atoms with Crippen molar-refractivity contribution in [2.45, 2.75) is 0 Å². The van der Waals surface area contributed by atoms with Gasteiger partial charge in [0.05, 0.1) is 10.0 Å². The van der Waals surface area contributed by atoms with Crippen LogP contribution >= 0.6 is 23.2 Å². The van der Waals surface area contributed by atoms with Crippen LogP contribution in [0.25, 0.3) is 0 Å². The van der Waals surface area contributed by atoms with Crippen molar-refractivity contribution in [1.29, 1.82) is 0 Å². The predicted octanol–water partition coefficient (Wildman–Crippen LogP) is 6.30. The van der Waals surface area contributed by atoms with Gasteiger partial charge in [-0.2, -0.15) is 0 Å². The Morgan fingerprint density at radius 1 is 0.839 bits per heavy atom. The molecular weight excluding hydrogens is 463 g/mol. The number of amides is 3. The van der Waals surface area contributed by atoms with Gasteiger partial charge in [-0.25, -0.2) is 22.4 Å². The highest BCUT2D eigenvalue weighted by Gasteiger charge is 2.20. The SMILES string of the molecule is O=C(NC(=O)c1c(F)cccc1F)Nc1cc(Cl)c(Oc2cc(F)cc(F)c2)c(Cl)c1. The maximum atomic E-state index is 13.6. The molecule has 11 heteroatoms. The Labute approximate surface area is 182 Å². The molecular formula is C20H10Cl2F4N2O3. The lowest BCUT2D eigenvalue weighted by Crippen LogP contribution is -2.35. The standard InChI is InChI=1S/C20H10Cl2F4N2O3/c21-13-7-11(8-14(22)18(13)31-12-5-9(23)4-10(24)6-12)27-20(30)28-19(29)17-15(25)2-1-3-16(17)26/h1-8H,(H2,27,28,29,30). The highest BCUT2D eigenvalue weighted by atomic mass is 35.5. The lowest BCUT2D eigenvalue weighted by atomic mass is 10.2. The number of hydrogen-bond acceptors (Lipinski definition) is 3. The molecule has 0 fully saturated rings. The molecule has 0 radical (unpaired) electrons. The summed E-state index contributed by atoms with van der Waals surface area (Å²) in [6, 6.07) is 6.46. The number of carbonyl (C=O) groups is 2. The van der Waals surface area contributed by atoms with Gasteiger partial charge >= 0.3 is 6.03 Å². The van der Waals surface area contributed by atoms with Crippen LogP contribution in [0.3, 0.4) is 0 Å². The molecule has 3 rings (SSSR count). The Morgan fingerprint density at radius 3 is 1.94 bits per heavy atom. The number of rotatable bonds is 4. The van der Waals surface area contributed by atoms with Crippen molar-refractivity contribution in [3.63, 3.8) is 0 Å². The van der Waals surface area contributed by atoms with E-state index >= 15 is 0 Å². The van der Waals surface area contributed by atoms with Crippen LogP contribution in [-0.2, 0) is 0 Å². The molecule has 3 aromatic carbocycles. The first-order valence-corrected chi connectivity index (χ1v) is 9.09. The zero-order chi connectivity index (χ0) is 22.7. The zero-order valence-corrected chi connectivity index (χ0v) is 16.6. The van der Waals surface area contributed by atoms with Crippen LogP contribution in [0.1, 0.15) is 10.4 Å². The second-order valence-corrected chi connectivity index (χ2v) is 6.80. The molecule has 31 heavy (non-hydrogen) atoms. The van der Waals surface area contributed by atoms with E-state index in [0.717, 1.165) is 30.3 Å². The average molecular weight is 473 g/mol. The number of halogens is 6. The van der Waals surface area contributed by atoms with Crippen molar-refractivity contribution in [2.75, 3.05) is 5.32 Å². The van der Waals surface area contributed by atoms with Gasteiger partial charge < -0.3 is 10.1 Å². The van der Waals surface area contributed by atoms with Crippen molar-refractivity contribution < 1.29 is 31.9 Å². The minimum Gasteiger partial charge on any atom is -0.454 e. The van der Waals surface area contributed by atoms with Crippen LogP contribution < -0.4 is 15.4 Å². The van der Waals surface area contributed by atoms with Crippen LogP contribution in [0.4, 0.5) is 28.0 Å². The first-order chi connectivity index (χ1) is 14.6. The Bertz CT molecular complexity index is 1130. The van der Waals surface area contributed by atoms with Crippen LogP contribution in [-0.4, -0.2) is 11.9 Å². The minimum atomic E-state index is -1.31. The van der Waals surface area contributed by atoms with E-state index in [4.69, 9.17) is 27.9 Å². The highest BCUT2D eigenvalue weighted by Crippen LogP contribution is 2.39. The number of hydrogen-bond donors (Lipinski definition) is 2. The molecule has 0 unspecified atom stereocenters. The van der Waals surface area contributed by atoms with E-state index in [-0.39, 0.29) is 27.2 Å². The summed E-state index contributed by atoms with van der Waals surface area (Å²) >= 11 is 12.1. The number of carbonyl (C=O) groups excluding carboxylic acids is 2. The van der Waals surface area contributed by atoms with E-state index in [1.165, 1.54) is 12.1 Å². The van der Waals surface area contributed by atoms with Crippen LogP contribution in [0, 0.1) is 23.3 Å². The summed E-state index contributed by atoms with van der Waals surface area (Å²) in [5.41, 5.74) is -0.938. The molecule has 0 atom stereocenters. The number of benzene rings is 3. The Kier molecular flexibility index (Phi) is 6.67. The monoisotopic (exact) mass is 472 g/mol. The molecule has 0 aromatic heterocycles. The van der Waals surface area contributed by atoms with Crippen LogP contribution in [0.5, 0.6) is 11.5 Å². The zero-order valence-electron chi connectivity index (χ0n) is 15.1. The summed E-state index contributed by atoms with van der Waals surface area (Å²) in [4.78, 5) is 24.0. The smallest absolute Gasteiger partial charge is 0.326 e. The van der Waals surface area contributed by atoms with Gasteiger partial charge in [-0.1, -0.05) is 29.3 Å². The normalized spacial score (nSPS) is 10.5. The second kappa shape index (κ2) is 9.23. The number of anilines is 1. The summed E-state index contributed by atoms with van der Waals surface area (Å²) in [6.45, 7) is 0. The molecule has 0 aliphatic rings. The van der Waals surface area contributed by atoms with E-state index in [2.05, 4.69) is 5.32 Å². The van der Waals surface area contributed by atoms with Gasteiger partial charge in [0.1, 0.15) is 34.6 Å². The summed E-state index contributed by atoms with van der Waals surface area (Å²) in [6.07, 6.45) is 0. The Hall–Kier alpha value is -3.30. The molecule has 2 N–H and O–H groups in total. The van der Waals surface area contributed by atoms with Crippen LogP contribution in [0.15, 0.2) is 48.5 Å². The quantitative estimate of drug-likeness (QED) is 0.437. The van der Waals surface area contributed by atoms with Gasteiger partial charge in [-0.3, -0.25) is 10.1 Å². The fourth-order valence-electron chi connectivity index (χ4n) is 2.48. The first kappa shape index (κ1) is 22.4. The van der Waals surface area contributed by atoms with Crippen molar-refractivity contribution in [3.05, 3.63) is 87.4 Å². The summed E-state index contributed by atoms with van der Waals surface area (Å²) in [7, 11) is 0. The Balaban J connectivity index is 1.74. The number of nitrogens with one attached hydrogen (secondary N) is 2. The lowest BCUT2D eigenvalue weighted by molar-refractivity contribution is 0.0959. The number of urea groups is 1. The third-order valence-corrected chi connectivity index (χ3v) is 4.29. The van der Waals surface area contributed by atoms with Crippen molar-refractivity contribution in [1.82, 2.24) is 5.32 Å². The fraction of sp³-hybridized carbons (Fsp3) is 0. The van der Waals surface area contributed by atoms with Crippen molar-refractivity contribution in [3.8, 4) is 11.5 Å². The summed E-state index contributed by atoms with van der Waals surface area (Å²) in [5.74, 6) is -5.72. The third kappa shape index (κ3) is 5.44. The van der Waals surface area contributed by atoms with Crippen molar-refractivity contribution >= 4 is 40.8 Å². The van der Waals surface area contributed by atoms with Crippen molar-refractivity contribution in [2.24, 2.45) is 0 Å². The molecule has 3 aromatic rings. The van der Waals surface area contributed by atoms with E-state index in [1.54, 1.807) is 5.32 Å². The maximum absolute atomic E-state index is 13.6.